The van der Waals surface area contributed by atoms with E-state index in [4.69, 9.17) is 18.9 Å². The zero-order valence-corrected chi connectivity index (χ0v) is 39.8. The molecular weight excluding hydrogens is 767 g/mol. The molecule has 0 aliphatic carbocycles. The minimum absolute atomic E-state index is 0.182. The predicted octanol–water partition coefficient (Wildman–Crippen LogP) is 13.3. The smallest absolute Gasteiger partial charge is 0.361 e. The molecule has 0 amide bonds. The van der Waals surface area contributed by atoms with Gasteiger partial charge in [0.1, 0.15) is 13.2 Å². The van der Waals surface area contributed by atoms with Crippen LogP contribution in [0.4, 0.5) is 0 Å². The molecule has 0 bridgehead atoms. The molecule has 0 saturated carbocycles. The van der Waals surface area contributed by atoms with Crippen LogP contribution in [0.25, 0.3) is 0 Å². The van der Waals surface area contributed by atoms with Crippen molar-refractivity contribution in [2.45, 2.75) is 206 Å². The molecule has 0 radical (unpaired) electrons. The molecule has 0 aliphatic heterocycles. The lowest BCUT2D eigenvalue weighted by atomic mass is 10.1. The molecule has 9 heteroatoms. The average Bonchev–Trinajstić information content (AvgIpc) is 3.22. The minimum atomic E-state index is -1.52. The van der Waals surface area contributed by atoms with Crippen LogP contribution in [0.5, 0.6) is 0 Å². The summed E-state index contributed by atoms with van der Waals surface area (Å²) in [6, 6.07) is 0. The second kappa shape index (κ2) is 43.6. The van der Waals surface area contributed by atoms with E-state index in [9.17, 15) is 19.5 Å². The number of unbranched alkanes of at least 4 members (excludes halogenated alkanes) is 19. The van der Waals surface area contributed by atoms with E-state index < -0.39 is 24.3 Å². The molecule has 0 saturated heterocycles. The Hall–Kier alpha value is -3.01. The normalized spacial score (nSPS) is 13.4. The number of quaternary nitrogens is 1. The second-order valence-corrected chi connectivity index (χ2v) is 17.4. The second-order valence-electron chi connectivity index (χ2n) is 17.4. The summed E-state index contributed by atoms with van der Waals surface area (Å²) >= 11 is 0. The first kappa shape index (κ1) is 58.0. The molecule has 9 nitrogen and oxygen atoms in total. The number of likely N-dealkylation sites (N-methyl/N-ethyl adjacent to an activating group) is 1. The van der Waals surface area contributed by atoms with Gasteiger partial charge >= 0.3 is 17.9 Å². The maximum Gasteiger partial charge on any atom is 0.361 e. The maximum atomic E-state index is 12.8. The monoisotopic (exact) mass is 859 g/mol. The van der Waals surface area contributed by atoms with E-state index in [1.54, 1.807) is 0 Å². The summed E-state index contributed by atoms with van der Waals surface area (Å²) in [6.45, 7) is 4.73. The highest BCUT2D eigenvalue weighted by molar-refractivity contribution is 5.71. The predicted molar refractivity (Wildman–Crippen MR) is 253 cm³/mol. The van der Waals surface area contributed by atoms with Crippen LogP contribution in [0, 0.1) is 0 Å². The van der Waals surface area contributed by atoms with E-state index in [-0.39, 0.29) is 32.2 Å². The quantitative estimate of drug-likeness (QED) is 0.0212. The van der Waals surface area contributed by atoms with Gasteiger partial charge in [0.05, 0.1) is 34.4 Å². The highest BCUT2D eigenvalue weighted by atomic mass is 16.7. The number of hydrogen-bond donors (Lipinski definition) is 1. The Balaban J connectivity index is 4.42. The van der Waals surface area contributed by atoms with Crippen LogP contribution in [0.15, 0.2) is 60.8 Å². The lowest BCUT2D eigenvalue weighted by Crippen LogP contribution is -2.40. The van der Waals surface area contributed by atoms with Crippen LogP contribution in [0.3, 0.4) is 0 Å². The number of ether oxygens (including phenoxy) is 4. The van der Waals surface area contributed by atoms with Crippen molar-refractivity contribution in [1.29, 1.82) is 0 Å². The zero-order valence-electron chi connectivity index (χ0n) is 39.8. The number of carboxylic acids is 1. The molecule has 0 spiro atoms. The first-order valence-corrected chi connectivity index (χ1v) is 24.5. The van der Waals surface area contributed by atoms with E-state index in [1.807, 2.05) is 21.1 Å². The van der Waals surface area contributed by atoms with Crippen LogP contribution in [-0.4, -0.2) is 87.4 Å². The largest absolute Gasteiger partial charge is 0.477 e. The van der Waals surface area contributed by atoms with Crippen LogP contribution >= 0.6 is 0 Å². The molecular formula is C52H92NO8+. The van der Waals surface area contributed by atoms with Gasteiger partial charge in [-0.2, -0.15) is 0 Å². The van der Waals surface area contributed by atoms with E-state index in [0.29, 0.717) is 23.9 Å². The molecule has 0 aliphatic rings. The fourth-order valence-electron chi connectivity index (χ4n) is 6.47. The van der Waals surface area contributed by atoms with Crippen molar-refractivity contribution in [3.63, 3.8) is 0 Å². The molecule has 0 heterocycles. The molecule has 0 fully saturated rings. The Morgan fingerprint density at radius 2 is 0.934 bits per heavy atom. The van der Waals surface area contributed by atoms with Gasteiger partial charge in [0.2, 0.25) is 0 Å². The first-order valence-electron chi connectivity index (χ1n) is 24.5. The number of allylic oxidation sites excluding steroid dienone is 10. The Labute approximate surface area is 374 Å². The Bertz CT molecular complexity index is 1180. The Morgan fingerprint density at radius 1 is 0.508 bits per heavy atom. The Morgan fingerprint density at radius 3 is 1.41 bits per heavy atom. The number of carbonyl (C=O) groups excluding carboxylic acids is 2. The highest BCUT2D eigenvalue weighted by Crippen LogP contribution is 2.14. The number of aliphatic carboxylic acids is 1. The van der Waals surface area contributed by atoms with Crippen molar-refractivity contribution in [2.24, 2.45) is 0 Å². The van der Waals surface area contributed by atoms with Crippen LogP contribution in [0.1, 0.15) is 194 Å². The van der Waals surface area contributed by atoms with Gasteiger partial charge < -0.3 is 28.5 Å². The summed E-state index contributed by atoms with van der Waals surface area (Å²) in [7, 11) is 5.95. The van der Waals surface area contributed by atoms with E-state index in [2.05, 4.69) is 74.6 Å². The number of nitrogens with zero attached hydrogens (tertiary/aromatic N) is 1. The van der Waals surface area contributed by atoms with Crippen molar-refractivity contribution >= 4 is 17.9 Å². The number of rotatable bonds is 44. The van der Waals surface area contributed by atoms with E-state index in [0.717, 1.165) is 89.9 Å². The van der Waals surface area contributed by atoms with Gasteiger partial charge in [0.15, 0.2) is 6.10 Å². The molecule has 0 aromatic carbocycles. The van der Waals surface area contributed by atoms with Crippen molar-refractivity contribution in [3.8, 4) is 0 Å². The SMILES string of the molecule is CC/C=C\C/C=C\C/C=C\C/C=C\CCCCCCCCC(=O)OC(COC(=O)CCCCCCCCC/C=C\CCCCCCCC)COC(OCC[N+](C)(C)C)C(=O)O. The number of carboxylic acid groups (broad SMARTS) is 1. The third-order valence-corrected chi connectivity index (χ3v) is 10.3. The molecule has 0 aromatic rings. The lowest BCUT2D eigenvalue weighted by molar-refractivity contribution is -0.870. The first-order chi connectivity index (χ1) is 29.6. The van der Waals surface area contributed by atoms with Crippen molar-refractivity contribution < 1.29 is 42.9 Å². The fourth-order valence-corrected chi connectivity index (χ4v) is 6.47. The van der Waals surface area contributed by atoms with Gasteiger partial charge in [-0.05, 0) is 77.0 Å². The van der Waals surface area contributed by atoms with Gasteiger partial charge in [0, 0.05) is 12.8 Å². The molecule has 352 valence electrons. The van der Waals surface area contributed by atoms with Gasteiger partial charge in [-0.3, -0.25) is 9.59 Å². The number of carbonyl (C=O) groups is 3. The summed E-state index contributed by atoms with van der Waals surface area (Å²) < 4.78 is 22.8. The topological polar surface area (TPSA) is 108 Å². The van der Waals surface area contributed by atoms with Crippen LogP contribution in [-0.2, 0) is 33.3 Å². The number of esters is 2. The summed E-state index contributed by atoms with van der Waals surface area (Å²) in [5, 5.41) is 9.66. The number of hydrogen-bond acceptors (Lipinski definition) is 7. The van der Waals surface area contributed by atoms with Gasteiger partial charge in [0.25, 0.3) is 6.29 Å². The minimum Gasteiger partial charge on any atom is -0.477 e. The van der Waals surface area contributed by atoms with Crippen LogP contribution in [0.2, 0.25) is 0 Å². The summed E-state index contributed by atoms with van der Waals surface area (Å²) in [5.74, 6) is -2.03. The molecule has 1 N–H and O–H groups in total. The highest BCUT2D eigenvalue weighted by Gasteiger charge is 2.25. The maximum absolute atomic E-state index is 12.8. The van der Waals surface area contributed by atoms with Crippen LogP contribution < -0.4 is 0 Å². The van der Waals surface area contributed by atoms with Gasteiger partial charge in [-0.15, -0.1) is 0 Å². The van der Waals surface area contributed by atoms with Crippen molar-refractivity contribution in [1.82, 2.24) is 0 Å². The van der Waals surface area contributed by atoms with Gasteiger partial charge in [-0.25, -0.2) is 4.79 Å². The summed E-state index contributed by atoms with van der Waals surface area (Å²) in [5.41, 5.74) is 0. The lowest BCUT2D eigenvalue weighted by Gasteiger charge is -2.25. The van der Waals surface area contributed by atoms with Crippen molar-refractivity contribution in [2.75, 3.05) is 47.5 Å². The summed E-state index contributed by atoms with van der Waals surface area (Å²) in [6.07, 6.45) is 49.9. The zero-order chi connectivity index (χ0) is 44.9. The molecule has 0 rings (SSSR count). The molecule has 0 aromatic heterocycles. The standard InChI is InChI=1S/C52H91NO8/c1-6-8-10-12-14-16-18-20-22-24-25-27-29-31-33-35-37-39-41-43-50(55)61-48(47-60-52(51(56)57)58-45-44-53(3,4)5)46-59-49(54)42-40-38-36-34-32-30-28-26-23-21-19-17-15-13-11-9-7-2/h8,10,14,16,20-23,25,27,48,52H,6-7,9,11-13,15,17-19,24,26,28-47H2,1-5H3/p+1/b10-8-,16-14-,22-20-,23-21-,27-25-. The molecule has 2 atom stereocenters. The third-order valence-electron chi connectivity index (χ3n) is 10.3. The summed E-state index contributed by atoms with van der Waals surface area (Å²) in [4.78, 5) is 37.2. The molecule has 2 unspecified atom stereocenters. The molecule has 61 heavy (non-hydrogen) atoms. The fraction of sp³-hybridized carbons (Fsp3) is 0.750. The van der Waals surface area contributed by atoms with E-state index >= 15 is 0 Å². The average molecular weight is 859 g/mol. The van der Waals surface area contributed by atoms with Crippen molar-refractivity contribution in [3.05, 3.63) is 60.8 Å². The van der Waals surface area contributed by atoms with Gasteiger partial charge in [-0.1, -0.05) is 164 Å². The third kappa shape index (κ3) is 44.8. The van der Waals surface area contributed by atoms with E-state index in [1.165, 1.54) is 70.6 Å². The Kier molecular flexibility index (Phi) is 41.5.